The number of carboxylic acid groups (broad SMARTS) is 1. The first-order chi connectivity index (χ1) is 11.7. The Bertz CT molecular complexity index is 605. The van der Waals surface area contributed by atoms with Crippen molar-refractivity contribution in [2.45, 2.75) is 39.5 Å². The summed E-state index contributed by atoms with van der Waals surface area (Å²) in [5.74, 6) is -1.94. The van der Waals surface area contributed by atoms with Crippen LogP contribution in [0.5, 0.6) is 0 Å². The number of benzene rings is 1. The van der Waals surface area contributed by atoms with Gasteiger partial charge in [-0.3, -0.25) is 4.79 Å². The quantitative estimate of drug-likeness (QED) is 0.851. The fraction of sp³-hybridized carbons (Fsp3) is 0.556. The molecular weight excluding hydrogens is 329 g/mol. The Kier molecular flexibility index (Phi) is 6.13. The molecule has 1 amide bonds. The lowest BCUT2D eigenvalue weighted by molar-refractivity contribution is -0.155. The first-order valence-corrected chi connectivity index (χ1v) is 8.22. The molecule has 1 atom stereocenters. The minimum absolute atomic E-state index is 0.162. The molecule has 0 radical (unpaired) electrons. The second-order valence-electron chi connectivity index (χ2n) is 7.00. The molecule has 1 N–H and O–H groups in total. The second kappa shape index (κ2) is 7.93. The van der Waals surface area contributed by atoms with Gasteiger partial charge in [0, 0.05) is 18.4 Å². The molecule has 1 saturated heterocycles. The third kappa shape index (κ3) is 4.99. The Morgan fingerprint density at radius 1 is 1.24 bits per heavy atom. The highest BCUT2D eigenvalue weighted by Crippen LogP contribution is 2.28. The molecule has 1 aliphatic heterocycles. The molecule has 1 heterocycles. The van der Waals surface area contributed by atoms with Crippen LogP contribution in [0.2, 0.25) is 0 Å². The van der Waals surface area contributed by atoms with Gasteiger partial charge in [0.05, 0.1) is 13.2 Å². The summed E-state index contributed by atoms with van der Waals surface area (Å²) in [4.78, 5) is 26.1. The molecule has 0 bridgehead atoms. The Labute approximate surface area is 146 Å². The van der Waals surface area contributed by atoms with Gasteiger partial charge < -0.3 is 19.5 Å². The molecule has 0 saturated carbocycles. The lowest BCUT2D eigenvalue weighted by atomic mass is 9.92. The lowest BCUT2D eigenvalue weighted by Gasteiger charge is -2.34. The summed E-state index contributed by atoms with van der Waals surface area (Å²) in [6, 6.07) is 3.95. The maximum absolute atomic E-state index is 13.2. The van der Waals surface area contributed by atoms with Gasteiger partial charge in [0.15, 0.2) is 12.3 Å². The zero-order chi connectivity index (χ0) is 18.6. The summed E-state index contributed by atoms with van der Waals surface area (Å²) in [7, 11) is 0. The Balaban J connectivity index is 2.29. The minimum Gasteiger partial charge on any atom is -0.479 e. The number of nitrogens with zero attached hydrogens (tertiary/aromatic N) is 1. The van der Waals surface area contributed by atoms with Gasteiger partial charge in [-0.15, -0.1) is 0 Å². The zero-order valence-electron chi connectivity index (χ0n) is 14.7. The van der Waals surface area contributed by atoms with Crippen molar-refractivity contribution in [1.29, 1.82) is 0 Å². The maximum Gasteiger partial charge on any atom is 0.331 e. The smallest absolute Gasteiger partial charge is 0.331 e. The number of amides is 1. The molecule has 1 fully saturated rings. The van der Waals surface area contributed by atoms with Crippen molar-refractivity contribution in [3.05, 3.63) is 35.6 Å². The van der Waals surface area contributed by atoms with Crippen LogP contribution in [-0.4, -0.2) is 47.9 Å². The highest BCUT2D eigenvalue weighted by Gasteiger charge is 2.37. The van der Waals surface area contributed by atoms with Crippen LogP contribution in [0.4, 0.5) is 4.39 Å². The summed E-state index contributed by atoms with van der Waals surface area (Å²) in [5, 5.41) is 9.72. The predicted octanol–water partition coefficient (Wildman–Crippen LogP) is 2.59. The van der Waals surface area contributed by atoms with Crippen LogP contribution < -0.4 is 0 Å². The molecule has 0 aromatic heterocycles. The minimum atomic E-state index is -1.20. The number of carboxylic acids is 1. The number of aliphatic carboxylic acids is 1. The van der Waals surface area contributed by atoms with Crippen LogP contribution in [-0.2, 0) is 19.1 Å². The molecule has 7 heteroatoms. The summed E-state index contributed by atoms with van der Waals surface area (Å²) >= 11 is 0. The van der Waals surface area contributed by atoms with Gasteiger partial charge in [-0.2, -0.15) is 0 Å². The molecular formula is C18H24FNO5. The monoisotopic (exact) mass is 353 g/mol. The van der Waals surface area contributed by atoms with Gasteiger partial charge in [0.1, 0.15) is 5.82 Å². The number of ether oxygens (including phenoxy) is 2. The Morgan fingerprint density at radius 2 is 1.80 bits per heavy atom. The Morgan fingerprint density at radius 3 is 2.28 bits per heavy atom. The van der Waals surface area contributed by atoms with Crippen LogP contribution in [0.15, 0.2) is 24.3 Å². The van der Waals surface area contributed by atoms with E-state index in [4.69, 9.17) is 9.47 Å². The summed E-state index contributed by atoms with van der Waals surface area (Å²) in [6.45, 7) is 6.32. The lowest BCUT2D eigenvalue weighted by Crippen LogP contribution is -2.45. The van der Waals surface area contributed by atoms with E-state index in [0.717, 1.165) is 0 Å². The number of halogens is 1. The normalized spacial score (nSPS) is 16.6. The topological polar surface area (TPSA) is 76.1 Å². The molecule has 1 unspecified atom stereocenters. The average molecular weight is 353 g/mol. The summed E-state index contributed by atoms with van der Waals surface area (Å²) in [5.41, 5.74) is -0.412. The van der Waals surface area contributed by atoms with Crippen molar-refractivity contribution >= 4 is 11.9 Å². The van der Waals surface area contributed by atoms with Crippen LogP contribution in [0.1, 0.15) is 38.8 Å². The van der Waals surface area contributed by atoms with Gasteiger partial charge in [-0.25, -0.2) is 9.18 Å². The molecule has 25 heavy (non-hydrogen) atoms. The number of rotatable bonds is 6. The van der Waals surface area contributed by atoms with Gasteiger partial charge in [-0.1, -0.05) is 32.9 Å². The third-order valence-corrected chi connectivity index (χ3v) is 3.93. The molecule has 1 aromatic rings. The highest BCUT2D eigenvalue weighted by molar-refractivity contribution is 5.87. The van der Waals surface area contributed by atoms with E-state index in [1.807, 2.05) is 0 Å². The fourth-order valence-electron chi connectivity index (χ4n) is 2.70. The zero-order valence-corrected chi connectivity index (χ0v) is 14.7. The average Bonchev–Trinajstić information content (AvgIpc) is 3.04. The van der Waals surface area contributed by atoms with Crippen molar-refractivity contribution < 1.29 is 28.6 Å². The molecule has 0 spiro atoms. The predicted molar refractivity (Wildman–Crippen MR) is 88.3 cm³/mol. The molecule has 2 rings (SSSR count). The summed E-state index contributed by atoms with van der Waals surface area (Å²) < 4.78 is 23.9. The van der Waals surface area contributed by atoms with E-state index < -0.39 is 29.5 Å². The molecule has 0 aliphatic carbocycles. The molecule has 1 aromatic carbocycles. The number of carbonyl (C=O) groups excluding carboxylic acids is 1. The van der Waals surface area contributed by atoms with Gasteiger partial charge in [0.25, 0.3) is 0 Å². The molecule has 6 nitrogen and oxygen atoms in total. The molecule has 138 valence electrons. The van der Waals surface area contributed by atoms with Gasteiger partial charge in [-0.05, 0) is 17.7 Å². The van der Waals surface area contributed by atoms with E-state index in [-0.39, 0.29) is 12.5 Å². The van der Waals surface area contributed by atoms with E-state index in [1.165, 1.54) is 29.2 Å². The van der Waals surface area contributed by atoms with E-state index in [9.17, 15) is 19.1 Å². The van der Waals surface area contributed by atoms with Crippen molar-refractivity contribution in [2.24, 2.45) is 5.41 Å². The summed E-state index contributed by atoms with van der Waals surface area (Å²) in [6.07, 6.45) is -0.0785. The second-order valence-corrected chi connectivity index (χ2v) is 7.00. The van der Waals surface area contributed by atoms with Gasteiger partial charge in [0.2, 0.25) is 5.91 Å². The van der Waals surface area contributed by atoms with Crippen molar-refractivity contribution in [1.82, 2.24) is 4.90 Å². The van der Waals surface area contributed by atoms with Gasteiger partial charge >= 0.3 is 5.97 Å². The standard InChI is InChI=1S/C18H24FNO5/c1-18(2,3)17(23)20(9-8-14-24-10-11-25-14)15(16(21)22)12-4-6-13(19)7-5-12/h4-7,14-15H,8-11H2,1-3H3,(H,21,22). The Hall–Kier alpha value is -1.99. The van der Waals surface area contributed by atoms with E-state index in [0.29, 0.717) is 25.2 Å². The van der Waals surface area contributed by atoms with Crippen LogP contribution in [0, 0.1) is 11.2 Å². The SMILES string of the molecule is CC(C)(C)C(=O)N(CCC1OCCO1)C(C(=O)O)c1ccc(F)cc1. The van der Waals surface area contributed by atoms with E-state index >= 15 is 0 Å². The van der Waals surface area contributed by atoms with Crippen LogP contribution in [0.25, 0.3) is 0 Å². The van der Waals surface area contributed by atoms with Crippen LogP contribution >= 0.6 is 0 Å². The van der Waals surface area contributed by atoms with Crippen molar-refractivity contribution in [3.63, 3.8) is 0 Å². The largest absolute Gasteiger partial charge is 0.479 e. The van der Waals surface area contributed by atoms with Crippen molar-refractivity contribution in [3.8, 4) is 0 Å². The van der Waals surface area contributed by atoms with E-state index in [2.05, 4.69) is 0 Å². The first-order valence-electron chi connectivity index (χ1n) is 8.22. The fourth-order valence-corrected chi connectivity index (χ4v) is 2.70. The van der Waals surface area contributed by atoms with E-state index in [1.54, 1.807) is 20.8 Å². The number of carbonyl (C=O) groups is 2. The molecule has 1 aliphatic rings. The highest BCUT2D eigenvalue weighted by atomic mass is 19.1. The van der Waals surface area contributed by atoms with Crippen LogP contribution in [0.3, 0.4) is 0 Å². The van der Waals surface area contributed by atoms with Crippen molar-refractivity contribution in [2.75, 3.05) is 19.8 Å². The first kappa shape index (κ1) is 19.3. The maximum atomic E-state index is 13.2. The third-order valence-electron chi connectivity index (χ3n) is 3.93. The number of hydrogen-bond acceptors (Lipinski definition) is 4. The number of hydrogen-bond donors (Lipinski definition) is 1.